The van der Waals surface area contributed by atoms with Gasteiger partial charge < -0.3 is 15.7 Å². The van der Waals surface area contributed by atoms with Crippen LogP contribution in [0.15, 0.2) is 29.3 Å². The minimum Gasteiger partial charge on any atom is -0.508 e. The van der Waals surface area contributed by atoms with Crippen LogP contribution >= 0.6 is 0 Å². The van der Waals surface area contributed by atoms with Crippen molar-refractivity contribution in [1.29, 1.82) is 0 Å². The molecule has 5 heteroatoms. The van der Waals surface area contributed by atoms with Crippen molar-refractivity contribution >= 4 is 5.96 Å². The topological polar surface area (TPSA) is 59.9 Å². The quantitative estimate of drug-likeness (QED) is 0.525. The van der Waals surface area contributed by atoms with E-state index in [0.717, 1.165) is 37.6 Å². The number of nitrogens with one attached hydrogen (secondary N) is 2. The predicted molar refractivity (Wildman–Crippen MR) is 105 cm³/mol. The average Bonchev–Trinajstić information content (AvgIpc) is 2.60. The Labute approximate surface area is 152 Å². The van der Waals surface area contributed by atoms with Crippen molar-refractivity contribution in [2.45, 2.75) is 52.0 Å². The van der Waals surface area contributed by atoms with Crippen LogP contribution in [0, 0.1) is 0 Å². The number of aliphatic imine (C=N–C) groups is 1. The van der Waals surface area contributed by atoms with E-state index in [2.05, 4.69) is 36.3 Å². The maximum Gasteiger partial charge on any atom is 0.191 e. The number of phenolic OH excluding ortho intramolecular Hbond substituents is 1. The number of likely N-dealkylation sites (tertiary alicyclic amines) is 1. The third kappa shape index (κ3) is 6.58. The second kappa shape index (κ2) is 9.66. The van der Waals surface area contributed by atoms with E-state index in [1.54, 1.807) is 6.07 Å². The molecule has 1 aliphatic rings. The van der Waals surface area contributed by atoms with Crippen LogP contribution in [0.3, 0.4) is 0 Å². The van der Waals surface area contributed by atoms with E-state index in [-0.39, 0.29) is 5.54 Å². The van der Waals surface area contributed by atoms with E-state index in [9.17, 15) is 5.11 Å². The maximum atomic E-state index is 9.54. The standard InChI is InChI=1S/C20H34N4O/c1-4-21-19(22-12-11-17-9-8-10-18(25)15-17)23-16-20(2,3)24-13-6-5-7-14-24/h8-10,15,25H,4-7,11-14,16H2,1-3H3,(H2,21,22,23). The van der Waals surface area contributed by atoms with Gasteiger partial charge in [-0.05, 0) is 70.8 Å². The summed E-state index contributed by atoms with van der Waals surface area (Å²) in [5.74, 6) is 1.19. The molecule has 3 N–H and O–H groups in total. The number of rotatable bonds is 7. The van der Waals surface area contributed by atoms with Crippen molar-refractivity contribution < 1.29 is 5.11 Å². The largest absolute Gasteiger partial charge is 0.508 e. The summed E-state index contributed by atoms with van der Waals surface area (Å²) in [5, 5.41) is 16.3. The molecule has 0 atom stereocenters. The molecule has 1 aromatic rings. The second-order valence-corrected chi connectivity index (χ2v) is 7.40. The van der Waals surface area contributed by atoms with Gasteiger partial charge in [0.05, 0.1) is 6.54 Å². The van der Waals surface area contributed by atoms with Crippen molar-refractivity contribution in [3.05, 3.63) is 29.8 Å². The van der Waals surface area contributed by atoms with Crippen LogP contribution in [-0.2, 0) is 6.42 Å². The van der Waals surface area contributed by atoms with Gasteiger partial charge >= 0.3 is 0 Å². The Hall–Kier alpha value is -1.75. The molecule has 5 nitrogen and oxygen atoms in total. The molecule has 1 aliphatic heterocycles. The molecule has 0 bridgehead atoms. The smallest absolute Gasteiger partial charge is 0.191 e. The van der Waals surface area contributed by atoms with E-state index >= 15 is 0 Å². The molecule has 1 saturated heterocycles. The van der Waals surface area contributed by atoms with Crippen LogP contribution in [0.5, 0.6) is 5.75 Å². The molecule has 0 amide bonds. The van der Waals surface area contributed by atoms with Crippen molar-refractivity contribution in [3.63, 3.8) is 0 Å². The van der Waals surface area contributed by atoms with Gasteiger partial charge in [-0.15, -0.1) is 0 Å². The zero-order valence-corrected chi connectivity index (χ0v) is 16.0. The zero-order chi connectivity index (χ0) is 18.1. The van der Waals surface area contributed by atoms with Crippen molar-refractivity contribution in [1.82, 2.24) is 15.5 Å². The third-order valence-electron chi connectivity index (χ3n) is 4.80. The molecule has 0 aliphatic carbocycles. The highest BCUT2D eigenvalue weighted by atomic mass is 16.3. The molecule has 1 heterocycles. The van der Waals surface area contributed by atoms with Crippen LogP contribution in [0.4, 0.5) is 0 Å². The lowest BCUT2D eigenvalue weighted by atomic mass is 9.99. The number of benzene rings is 1. The Morgan fingerprint density at radius 1 is 1.20 bits per heavy atom. The highest BCUT2D eigenvalue weighted by Crippen LogP contribution is 2.20. The van der Waals surface area contributed by atoms with Crippen molar-refractivity contribution in [2.75, 3.05) is 32.7 Å². The highest BCUT2D eigenvalue weighted by molar-refractivity contribution is 5.79. The molecule has 0 spiro atoms. The Kier molecular flexibility index (Phi) is 7.56. The number of hydrogen-bond acceptors (Lipinski definition) is 3. The van der Waals surface area contributed by atoms with Crippen LogP contribution in [-0.4, -0.2) is 54.2 Å². The van der Waals surface area contributed by atoms with Gasteiger partial charge in [0.1, 0.15) is 5.75 Å². The van der Waals surface area contributed by atoms with Crippen LogP contribution in [0.1, 0.15) is 45.6 Å². The Morgan fingerprint density at radius 2 is 1.96 bits per heavy atom. The van der Waals surface area contributed by atoms with Gasteiger partial charge in [0.15, 0.2) is 5.96 Å². The van der Waals surface area contributed by atoms with Gasteiger partial charge in [-0.1, -0.05) is 18.6 Å². The maximum absolute atomic E-state index is 9.54. The summed E-state index contributed by atoms with van der Waals surface area (Å²) in [7, 11) is 0. The van der Waals surface area contributed by atoms with Gasteiger partial charge in [-0.25, -0.2) is 0 Å². The molecule has 140 valence electrons. The highest BCUT2D eigenvalue weighted by Gasteiger charge is 2.27. The van der Waals surface area contributed by atoms with Gasteiger partial charge in [0, 0.05) is 18.6 Å². The molecular weight excluding hydrogens is 312 g/mol. The SMILES string of the molecule is CCNC(=NCC(C)(C)N1CCCCC1)NCCc1cccc(O)c1. The van der Waals surface area contributed by atoms with E-state index in [0.29, 0.717) is 5.75 Å². The number of guanidine groups is 1. The van der Waals surface area contributed by atoms with Crippen LogP contribution in [0.2, 0.25) is 0 Å². The molecule has 1 aromatic carbocycles. The first kappa shape index (κ1) is 19.6. The first-order valence-corrected chi connectivity index (χ1v) is 9.56. The van der Waals surface area contributed by atoms with Crippen molar-refractivity contribution in [3.8, 4) is 5.75 Å². The Morgan fingerprint density at radius 3 is 2.64 bits per heavy atom. The third-order valence-corrected chi connectivity index (χ3v) is 4.80. The number of piperidine rings is 1. The normalized spacial score (nSPS) is 16.7. The van der Waals surface area contributed by atoms with E-state index in [1.165, 1.54) is 32.4 Å². The summed E-state index contributed by atoms with van der Waals surface area (Å²) in [5.41, 5.74) is 1.21. The van der Waals surface area contributed by atoms with Crippen LogP contribution < -0.4 is 10.6 Å². The van der Waals surface area contributed by atoms with Crippen molar-refractivity contribution in [2.24, 2.45) is 4.99 Å². The molecule has 1 fully saturated rings. The summed E-state index contributed by atoms with van der Waals surface area (Å²) in [4.78, 5) is 7.38. The molecular formula is C20H34N4O. The fraction of sp³-hybridized carbons (Fsp3) is 0.650. The molecule has 25 heavy (non-hydrogen) atoms. The summed E-state index contributed by atoms with van der Waals surface area (Å²) in [6.45, 7) is 11.5. The minimum absolute atomic E-state index is 0.0913. The first-order valence-electron chi connectivity index (χ1n) is 9.56. The average molecular weight is 347 g/mol. The molecule has 0 radical (unpaired) electrons. The fourth-order valence-corrected chi connectivity index (χ4v) is 3.25. The molecule has 0 unspecified atom stereocenters. The minimum atomic E-state index is 0.0913. The molecule has 0 saturated carbocycles. The van der Waals surface area contributed by atoms with E-state index < -0.39 is 0 Å². The van der Waals surface area contributed by atoms with Gasteiger partial charge in [0.25, 0.3) is 0 Å². The zero-order valence-electron chi connectivity index (χ0n) is 16.0. The second-order valence-electron chi connectivity index (χ2n) is 7.40. The number of aromatic hydroxyl groups is 1. The Balaban J connectivity index is 1.86. The molecule has 0 aromatic heterocycles. The summed E-state index contributed by atoms with van der Waals surface area (Å²) < 4.78 is 0. The van der Waals surface area contributed by atoms with Crippen LogP contribution in [0.25, 0.3) is 0 Å². The summed E-state index contributed by atoms with van der Waals surface area (Å²) in [6, 6.07) is 7.42. The molecule has 2 rings (SSSR count). The monoisotopic (exact) mass is 346 g/mol. The number of nitrogens with zero attached hydrogens (tertiary/aromatic N) is 2. The summed E-state index contributed by atoms with van der Waals surface area (Å²) in [6.07, 6.45) is 4.81. The fourth-order valence-electron chi connectivity index (χ4n) is 3.25. The summed E-state index contributed by atoms with van der Waals surface area (Å²) >= 11 is 0. The van der Waals surface area contributed by atoms with E-state index in [4.69, 9.17) is 4.99 Å². The number of phenols is 1. The number of hydrogen-bond donors (Lipinski definition) is 3. The lowest BCUT2D eigenvalue weighted by Crippen LogP contribution is -2.49. The lowest BCUT2D eigenvalue weighted by Gasteiger charge is -2.40. The van der Waals surface area contributed by atoms with E-state index in [1.807, 2.05) is 18.2 Å². The van der Waals surface area contributed by atoms with Gasteiger partial charge in [-0.3, -0.25) is 9.89 Å². The van der Waals surface area contributed by atoms with Gasteiger partial charge in [0.2, 0.25) is 0 Å². The predicted octanol–water partition coefficient (Wildman–Crippen LogP) is 2.75. The first-order chi connectivity index (χ1) is 12.0. The lowest BCUT2D eigenvalue weighted by molar-refractivity contribution is 0.102. The Bertz CT molecular complexity index is 550. The van der Waals surface area contributed by atoms with Gasteiger partial charge in [-0.2, -0.15) is 0 Å².